The lowest BCUT2D eigenvalue weighted by atomic mass is 10.0. The summed E-state index contributed by atoms with van der Waals surface area (Å²) in [5.74, 6) is 0.820. The average Bonchev–Trinajstić information content (AvgIpc) is 2.46. The van der Waals surface area contributed by atoms with E-state index in [1.807, 2.05) is 0 Å². The lowest BCUT2D eigenvalue weighted by Crippen LogP contribution is -2.15. The van der Waals surface area contributed by atoms with Crippen molar-refractivity contribution in [3.05, 3.63) is 56.8 Å². The molecule has 0 spiro atoms. The zero-order valence-electron chi connectivity index (χ0n) is 10.7. The van der Waals surface area contributed by atoms with Crippen LogP contribution in [0.2, 0.25) is 5.02 Å². The fourth-order valence-electron chi connectivity index (χ4n) is 2.15. The maximum Gasteiger partial charge on any atom is 0.162 e. The molecular formula is C15H10BrCl2FO2. The Balaban J connectivity index is 2.03. The predicted molar refractivity (Wildman–Crippen MR) is 84.2 cm³/mol. The molecule has 1 heterocycles. The molecule has 21 heavy (non-hydrogen) atoms. The summed E-state index contributed by atoms with van der Waals surface area (Å²) in [7, 11) is 0. The topological polar surface area (TPSA) is 18.5 Å². The van der Waals surface area contributed by atoms with Gasteiger partial charge in [0.05, 0.1) is 5.38 Å². The fraction of sp³-hybridized carbons (Fsp3) is 0.200. The Bertz CT molecular complexity index is 694. The Morgan fingerprint density at radius 2 is 1.71 bits per heavy atom. The van der Waals surface area contributed by atoms with Gasteiger partial charge in [0, 0.05) is 15.1 Å². The first kappa shape index (κ1) is 14.9. The van der Waals surface area contributed by atoms with Gasteiger partial charge in [0.2, 0.25) is 0 Å². The van der Waals surface area contributed by atoms with Crippen LogP contribution in [0.25, 0.3) is 0 Å². The van der Waals surface area contributed by atoms with Gasteiger partial charge in [-0.1, -0.05) is 33.6 Å². The first-order valence-corrected chi connectivity index (χ1v) is 7.85. The molecule has 3 rings (SSSR count). The lowest BCUT2D eigenvalue weighted by molar-refractivity contribution is 0.171. The second kappa shape index (κ2) is 6.03. The third-order valence-corrected chi connectivity index (χ3v) is 4.56. The molecule has 1 unspecified atom stereocenters. The van der Waals surface area contributed by atoms with Crippen molar-refractivity contribution in [2.45, 2.75) is 5.38 Å². The summed E-state index contributed by atoms with van der Waals surface area (Å²) in [4.78, 5) is 0. The Morgan fingerprint density at radius 3 is 2.38 bits per heavy atom. The number of halogens is 4. The van der Waals surface area contributed by atoms with Crippen LogP contribution in [0.15, 0.2) is 34.8 Å². The monoisotopic (exact) mass is 390 g/mol. The molecule has 0 bridgehead atoms. The summed E-state index contributed by atoms with van der Waals surface area (Å²) in [6.45, 7) is 0.991. The Labute approximate surface area is 139 Å². The maximum atomic E-state index is 14.0. The van der Waals surface area contributed by atoms with Crippen molar-refractivity contribution < 1.29 is 13.9 Å². The van der Waals surface area contributed by atoms with Gasteiger partial charge >= 0.3 is 0 Å². The van der Waals surface area contributed by atoms with E-state index in [9.17, 15) is 4.39 Å². The number of ether oxygens (including phenoxy) is 2. The highest BCUT2D eigenvalue weighted by Gasteiger charge is 2.22. The van der Waals surface area contributed by atoms with E-state index < -0.39 is 11.2 Å². The van der Waals surface area contributed by atoms with E-state index >= 15 is 0 Å². The molecule has 0 aromatic heterocycles. The second-order valence-corrected chi connectivity index (χ2v) is 6.27. The summed E-state index contributed by atoms with van der Waals surface area (Å²) >= 11 is 15.6. The maximum absolute atomic E-state index is 14.0. The predicted octanol–water partition coefficient (Wildman–Crippen LogP) is 5.34. The van der Waals surface area contributed by atoms with Crippen LogP contribution >= 0.6 is 39.1 Å². The first-order valence-electron chi connectivity index (χ1n) is 6.24. The summed E-state index contributed by atoms with van der Waals surface area (Å²) in [5.41, 5.74) is 1.07. The fourth-order valence-corrected chi connectivity index (χ4v) is 3.35. The van der Waals surface area contributed by atoms with E-state index in [2.05, 4.69) is 15.9 Å². The molecular weight excluding hydrogens is 382 g/mol. The first-order chi connectivity index (χ1) is 10.1. The zero-order chi connectivity index (χ0) is 15.0. The number of fused-ring (bicyclic) bond motifs is 1. The van der Waals surface area contributed by atoms with E-state index in [1.54, 1.807) is 24.3 Å². The molecule has 2 aromatic carbocycles. The zero-order valence-corrected chi connectivity index (χ0v) is 13.8. The van der Waals surface area contributed by atoms with Crippen molar-refractivity contribution in [3.63, 3.8) is 0 Å². The normalized spacial score (nSPS) is 14.9. The van der Waals surface area contributed by atoms with Gasteiger partial charge < -0.3 is 9.47 Å². The standard InChI is InChI=1S/C15H10BrCl2FO2/c16-11-7-14-13(20-3-4-21-14)6-10(11)15(18)9-2-1-8(17)5-12(9)19/h1-2,5-7,15H,3-4H2. The summed E-state index contributed by atoms with van der Waals surface area (Å²) in [6, 6.07) is 8.00. The molecule has 0 radical (unpaired) electrons. The molecule has 2 aromatic rings. The van der Waals surface area contributed by atoms with Gasteiger partial charge in [-0.3, -0.25) is 0 Å². The minimum Gasteiger partial charge on any atom is -0.486 e. The molecule has 110 valence electrons. The third-order valence-electron chi connectivity index (χ3n) is 3.17. The Morgan fingerprint density at radius 1 is 1.05 bits per heavy atom. The quantitative estimate of drug-likeness (QED) is 0.643. The number of hydrogen-bond acceptors (Lipinski definition) is 2. The number of hydrogen-bond donors (Lipinski definition) is 0. The summed E-state index contributed by atoms with van der Waals surface area (Å²) in [5, 5.41) is -0.325. The molecule has 0 aliphatic carbocycles. The van der Waals surface area contributed by atoms with Gasteiger partial charge in [-0.25, -0.2) is 4.39 Å². The minimum absolute atomic E-state index is 0.335. The van der Waals surface area contributed by atoms with Crippen LogP contribution in [0.4, 0.5) is 4.39 Å². The van der Waals surface area contributed by atoms with Gasteiger partial charge in [-0.15, -0.1) is 11.6 Å². The largest absolute Gasteiger partial charge is 0.486 e. The molecule has 0 saturated carbocycles. The highest BCUT2D eigenvalue weighted by molar-refractivity contribution is 9.10. The van der Waals surface area contributed by atoms with Crippen LogP contribution in [0.3, 0.4) is 0 Å². The molecule has 2 nitrogen and oxygen atoms in total. The van der Waals surface area contributed by atoms with Crippen LogP contribution in [-0.2, 0) is 0 Å². The van der Waals surface area contributed by atoms with Crippen LogP contribution in [-0.4, -0.2) is 13.2 Å². The highest BCUT2D eigenvalue weighted by atomic mass is 79.9. The number of rotatable bonds is 2. The van der Waals surface area contributed by atoms with Gasteiger partial charge in [-0.05, 0) is 29.8 Å². The van der Waals surface area contributed by atoms with E-state index in [0.29, 0.717) is 40.9 Å². The molecule has 0 saturated heterocycles. The molecule has 0 amide bonds. The summed E-state index contributed by atoms with van der Waals surface area (Å²) in [6.07, 6.45) is 0. The van der Waals surface area contributed by atoms with Crippen LogP contribution < -0.4 is 9.47 Å². The van der Waals surface area contributed by atoms with E-state index in [-0.39, 0.29) is 0 Å². The van der Waals surface area contributed by atoms with Crippen molar-refractivity contribution in [1.82, 2.24) is 0 Å². The van der Waals surface area contributed by atoms with Crippen LogP contribution in [0, 0.1) is 5.82 Å². The van der Waals surface area contributed by atoms with E-state index in [1.165, 1.54) is 6.07 Å². The van der Waals surface area contributed by atoms with Gasteiger partial charge in [-0.2, -0.15) is 0 Å². The third kappa shape index (κ3) is 2.98. The van der Waals surface area contributed by atoms with Crippen LogP contribution in [0.5, 0.6) is 11.5 Å². The van der Waals surface area contributed by atoms with Crippen molar-refractivity contribution in [3.8, 4) is 11.5 Å². The number of benzene rings is 2. The summed E-state index contributed by atoms with van der Waals surface area (Å²) < 4.78 is 25.8. The molecule has 1 aliphatic rings. The molecule has 0 fully saturated rings. The lowest BCUT2D eigenvalue weighted by Gasteiger charge is -2.21. The smallest absolute Gasteiger partial charge is 0.162 e. The Kier molecular flexibility index (Phi) is 4.29. The second-order valence-electron chi connectivity index (χ2n) is 4.55. The molecule has 6 heteroatoms. The van der Waals surface area contributed by atoms with Gasteiger partial charge in [0.15, 0.2) is 11.5 Å². The van der Waals surface area contributed by atoms with Crippen molar-refractivity contribution in [1.29, 1.82) is 0 Å². The molecule has 0 N–H and O–H groups in total. The van der Waals surface area contributed by atoms with Crippen molar-refractivity contribution in [2.75, 3.05) is 13.2 Å². The van der Waals surface area contributed by atoms with E-state index in [0.717, 1.165) is 4.47 Å². The van der Waals surface area contributed by atoms with Crippen LogP contribution in [0.1, 0.15) is 16.5 Å². The van der Waals surface area contributed by atoms with Crippen molar-refractivity contribution in [2.24, 2.45) is 0 Å². The van der Waals surface area contributed by atoms with Gasteiger partial charge in [0.1, 0.15) is 19.0 Å². The number of alkyl halides is 1. The highest BCUT2D eigenvalue weighted by Crippen LogP contribution is 2.42. The molecule has 1 atom stereocenters. The average molecular weight is 392 g/mol. The van der Waals surface area contributed by atoms with E-state index in [4.69, 9.17) is 32.7 Å². The SMILES string of the molecule is Fc1cc(Cl)ccc1C(Cl)c1cc2c(cc1Br)OCCO2. The Hall–Kier alpha value is -0.970. The minimum atomic E-state index is -0.660. The van der Waals surface area contributed by atoms with Gasteiger partial charge in [0.25, 0.3) is 0 Å². The molecule has 1 aliphatic heterocycles. The van der Waals surface area contributed by atoms with Crippen molar-refractivity contribution >= 4 is 39.1 Å².